The Hall–Kier alpha value is -1.44. The van der Waals surface area contributed by atoms with Gasteiger partial charge in [0.1, 0.15) is 5.82 Å². The summed E-state index contributed by atoms with van der Waals surface area (Å²) in [5.41, 5.74) is 0. The summed E-state index contributed by atoms with van der Waals surface area (Å²) < 4.78 is 31.1. The number of rotatable bonds is 7. The lowest BCUT2D eigenvalue weighted by Crippen LogP contribution is -2.44. The zero-order valence-corrected chi connectivity index (χ0v) is 13.6. The highest BCUT2D eigenvalue weighted by Crippen LogP contribution is 2.17. The number of hydrogen-bond donors (Lipinski definition) is 2. The number of hydrogen-bond acceptors (Lipinski definition) is 4. The van der Waals surface area contributed by atoms with E-state index in [1.165, 1.54) is 6.07 Å². The number of ether oxygens (including phenoxy) is 1. The van der Waals surface area contributed by atoms with Crippen molar-refractivity contribution in [3.8, 4) is 5.75 Å². The molecule has 1 amide bonds. The van der Waals surface area contributed by atoms with E-state index >= 15 is 0 Å². The van der Waals surface area contributed by atoms with Crippen molar-refractivity contribution in [1.29, 1.82) is 0 Å². The molecule has 130 valence electrons. The van der Waals surface area contributed by atoms with E-state index in [0.29, 0.717) is 6.54 Å². The minimum absolute atomic E-state index is 0. The number of carbonyl (C=O) groups is 1. The third kappa shape index (κ3) is 7.11. The van der Waals surface area contributed by atoms with Gasteiger partial charge < -0.3 is 20.3 Å². The average molecular weight is 350 g/mol. The molecule has 23 heavy (non-hydrogen) atoms. The third-order valence-electron chi connectivity index (χ3n) is 3.44. The summed E-state index contributed by atoms with van der Waals surface area (Å²) in [6, 6.07) is 2.98. The number of nitrogens with zero attached hydrogens (tertiary/aromatic N) is 1. The summed E-state index contributed by atoms with van der Waals surface area (Å²) in [4.78, 5) is 13.9. The second-order valence-corrected chi connectivity index (χ2v) is 5.16. The van der Waals surface area contributed by atoms with Crippen molar-refractivity contribution in [2.45, 2.75) is 6.42 Å². The Morgan fingerprint density at radius 1 is 1.30 bits per heavy atom. The molecule has 2 rings (SSSR count). The fourth-order valence-corrected chi connectivity index (χ4v) is 2.25. The van der Waals surface area contributed by atoms with Crippen molar-refractivity contribution in [3.63, 3.8) is 0 Å². The maximum absolute atomic E-state index is 13.3. The van der Waals surface area contributed by atoms with Gasteiger partial charge in [0, 0.05) is 38.8 Å². The molecular formula is C15H22ClF2N3O2. The SMILES string of the molecule is Cl.O=C(COc1ccc(F)cc1F)NCCCN1CCNCC1. The Kier molecular flexibility index (Phi) is 8.83. The third-order valence-corrected chi connectivity index (χ3v) is 3.44. The summed E-state index contributed by atoms with van der Waals surface area (Å²) >= 11 is 0. The number of halogens is 3. The van der Waals surface area contributed by atoms with Crippen molar-refractivity contribution >= 4 is 18.3 Å². The molecule has 1 aliphatic heterocycles. The average Bonchev–Trinajstić information content (AvgIpc) is 2.52. The zero-order valence-electron chi connectivity index (χ0n) is 12.8. The van der Waals surface area contributed by atoms with Crippen LogP contribution in [0.25, 0.3) is 0 Å². The van der Waals surface area contributed by atoms with Crippen LogP contribution in [0.4, 0.5) is 8.78 Å². The number of carbonyl (C=O) groups excluding carboxylic acids is 1. The first-order chi connectivity index (χ1) is 10.6. The number of nitrogens with one attached hydrogen (secondary N) is 2. The highest BCUT2D eigenvalue weighted by molar-refractivity contribution is 5.85. The number of benzene rings is 1. The lowest BCUT2D eigenvalue weighted by atomic mass is 10.3. The highest BCUT2D eigenvalue weighted by atomic mass is 35.5. The van der Waals surface area contributed by atoms with Gasteiger partial charge in [-0.05, 0) is 25.1 Å². The van der Waals surface area contributed by atoms with Gasteiger partial charge in [0.05, 0.1) is 0 Å². The monoisotopic (exact) mass is 349 g/mol. The highest BCUT2D eigenvalue weighted by Gasteiger charge is 2.10. The summed E-state index contributed by atoms with van der Waals surface area (Å²) in [6.07, 6.45) is 0.858. The quantitative estimate of drug-likeness (QED) is 0.726. The first-order valence-electron chi connectivity index (χ1n) is 7.43. The van der Waals surface area contributed by atoms with Crippen LogP contribution in [0.15, 0.2) is 18.2 Å². The fraction of sp³-hybridized carbons (Fsp3) is 0.533. The maximum atomic E-state index is 13.3. The second kappa shape index (κ2) is 10.4. The van der Waals surface area contributed by atoms with Gasteiger partial charge in [0.2, 0.25) is 0 Å². The van der Waals surface area contributed by atoms with Gasteiger partial charge in [0.25, 0.3) is 5.91 Å². The Morgan fingerprint density at radius 2 is 2.04 bits per heavy atom. The minimum Gasteiger partial charge on any atom is -0.481 e. The molecule has 0 unspecified atom stereocenters. The molecule has 0 aromatic heterocycles. The van der Waals surface area contributed by atoms with E-state index in [2.05, 4.69) is 15.5 Å². The molecule has 1 aromatic carbocycles. The molecule has 1 aliphatic rings. The van der Waals surface area contributed by atoms with Crippen LogP contribution in [-0.2, 0) is 4.79 Å². The summed E-state index contributed by atoms with van der Waals surface area (Å²) in [6.45, 7) is 5.28. The number of piperazine rings is 1. The Balaban J connectivity index is 0.00000264. The van der Waals surface area contributed by atoms with Crippen molar-refractivity contribution in [2.24, 2.45) is 0 Å². The molecule has 1 fully saturated rings. The first kappa shape index (κ1) is 19.6. The lowest BCUT2D eigenvalue weighted by Gasteiger charge is -2.27. The van der Waals surface area contributed by atoms with Crippen LogP contribution >= 0.6 is 12.4 Å². The summed E-state index contributed by atoms with van der Waals surface area (Å²) in [5.74, 6) is -1.94. The molecular weight excluding hydrogens is 328 g/mol. The molecule has 0 radical (unpaired) electrons. The van der Waals surface area contributed by atoms with Gasteiger partial charge >= 0.3 is 0 Å². The van der Waals surface area contributed by atoms with Crippen molar-refractivity contribution in [1.82, 2.24) is 15.5 Å². The molecule has 0 atom stereocenters. The van der Waals surface area contributed by atoms with Gasteiger partial charge in [0.15, 0.2) is 18.2 Å². The van der Waals surface area contributed by atoms with Crippen LogP contribution in [0.5, 0.6) is 5.75 Å². The largest absolute Gasteiger partial charge is 0.481 e. The maximum Gasteiger partial charge on any atom is 0.257 e. The van der Waals surface area contributed by atoms with E-state index < -0.39 is 11.6 Å². The van der Waals surface area contributed by atoms with E-state index in [-0.39, 0.29) is 30.7 Å². The second-order valence-electron chi connectivity index (χ2n) is 5.16. The van der Waals surface area contributed by atoms with Crippen LogP contribution in [0.1, 0.15) is 6.42 Å². The number of amides is 1. The Labute approximate surface area is 140 Å². The molecule has 1 heterocycles. The molecule has 0 saturated carbocycles. The molecule has 0 aliphatic carbocycles. The summed E-state index contributed by atoms with van der Waals surface area (Å²) in [7, 11) is 0. The predicted molar refractivity (Wildman–Crippen MR) is 86.0 cm³/mol. The Bertz CT molecular complexity index is 500. The molecule has 1 saturated heterocycles. The standard InChI is InChI=1S/C15H21F2N3O2.ClH/c16-12-2-3-14(13(17)10-12)22-11-15(21)19-4-1-7-20-8-5-18-6-9-20;/h2-3,10,18H,1,4-9,11H2,(H,19,21);1H. The molecule has 5 nitrogen and oxygen atoms in total. The topological polar surface area (TPSA) is 53.6 Å². The Morgan fingerprint density at radius 3 is 2.74 bits per heavy atom. The fourth-order valence-electron chi connectivity index (χ4n) is 2.25. The molecule has 2 N–H and O–H groups in total. The normalized spacial score (nSPS) is 14.9. The van der Waals surface area contributed by atoms with Gasteiger partial charge in [-0.15, -0.1) is 12.4 Å². The van der Waals surface area contributed by atoms with E-state index in [1.807, 2.05) is 0 Å². The minimum atomic E-state index is -0.813. The zero-order chi connectivity index (χ0) is 15.8. The van der Waals surface area contributed by atoms with Gasteiger partial charge in [-0.3, -0.25) is 4.79 Å². The smallest absolute Gasteiger partial charge is 0.257 e. The lowest BCUT2D eigenvalue weighted by molar-refractivity contribution is -0.123. The van der Waals surface area contributed by atoms with Crippen molar-refractivity contribution in [2.75, 3.05) is 45.9 Å². The first-order valence-corrected chi connectivity index (χ1v) is 7.43. The van der Waals surface area contributed by atoms with E-state index in [1.54, 1.807) is 0 Å². The van der Waals surface area contributed by atoms with Gasteiger partial charge in [-0.1, -0.05) is 0 Å². The van der Waals surface area contributed by atoms with Crippen LogP contribution in [0.3, 0.4) is 0 Å². The van der Waals surface area contributed by atoms with E-state index in [9.17, 15) is 13.6 Å². The molecule has 1 aromatic rings. The van der Waals surface area contributed by atoms with Crippen LogP contribution in [-0.4, -0.2) is 56.7 Å². The van der Waals surface area contributed by atoms with Gasteiger partial charge in [-0.25, -0.2) is 8.78 Å². The van der Waals surface area contributed by atoms with Crippen LogP contribution < -0.4 is 15.4 Å². The van der Waals surface area contributed by atoms with E-state index in [4.69, 9.17) is 4.74 Å². The van der Waals surface area contributed by atoms with Crippen LogP contribution in [0.2, 0.25) is 0 Å². The van der Waals surface area contributed by atoms with Crippen molar-refractivity contribution in [3.05, 3.63) is 29.8 Å². The van der Waals surface area contributed by atoms with Gasteiger partial charge in [-0.2, -0.15) is 0 Å². The molecule has 0 bridgehead atoms. The summed E-state index contributed by atoms with van der Waals surface area (Å²) in [5, 5.41) is 6.00. The van der Waals surface area contributed by atoms with Crippen molar-refractivity contribution < 1.29 is 18.3 Å². The van der Waals surface area contributed by atoms with E-state index in [0.717, 1.165) is 51.3 Å². The predicted octanol–water partition coefficient (Wildman–Crippen LogP) is 1.18. The molecule has 0 spiro atoms. The molecule has 8 heteroatoms. The van der Waals surface area contributed by atoms with Crippen LogP contribution in [0, 0.1) is 11.6 Å².